The van der Waals surface area contributed by atoms with Crippen LogP contribution in [0.15, 0.2) is 24.3 Å². The van der Waals surface area contributed by atoms with Gasteiger partial charge in [-0.3, -0.25) is 9.69 Å². The first-order valence-electron chi connectivity index (χ1n) is 9.29. The minimum Gasteiger partial charge on any atom is -0.481 e. The topological polar surface area (TPSA) is 96.1 Å². The van der Waals surface area contributed by atoms with E-state index in [0.29, 0.717) is 32.7 Å². The second-order valence-electron chi connectivity index (χ2n) is 6.99. The highest BCUT2D eigenvalue weighted by molar-refractivity contribution is 5.94. The van der Waals surface area contributed by atoms with Gasteiger partial charge in [-0.1, -0.05) is 12.1 Å². The number of hydrogen-bond donors (Lipinski definition) is 2. The van der Waals surface area contributed by atoms with E-state index in [4.69, 9.17) is 15.6 Å². The Kier molecular flexibility index (Phi) is 7.89. The minimum atomic E-state index is -0.805. The van der Waals surface area contributed by atoms with Gasteiger partial charge in [0.2, 0.25) is 0 Å². The van der Waals surface area contributed by atoms with Crippen LogP contribution < -0.4 is 10.6 Å². The molecule has 1 aliphatic carbocycles. The molecule has 1 aliphatic heterocycles. The fraction of sp³-hybridized carbons (Fsp3) is 0.579. The van der Waals surface area contributed by atoms with Crippen LogP contribution in [-0.2, 0) is 16.0 Å². The molecule has 3 rings (SSSR count). The monoisotopic (exact) mass is 397 g/mol. The van der Waals surface area contributed by atoms with Crippen LogP contribution in [0.2, 0.25) is 0 Å². The molecular formula is C19H28ClN3O4. The maximum Gasteiger partial charge on any atom is 0.324 e. The molecule has 8 heteroatoms. The number of amides is 2. The molecule has 0 unspecified atom stereocenters. The summed E-state index contributed by atoms with van der Waals surface area (Å²) in [4.78, 5) is 26.8. The molecule has 27 heavy (non-hydrogen) atoms. The lowest BCUT2D eigenvalue weighted by Gasteiger charge is -2.21. The molecule has 1 saturated carbocycles. The second kappa shape index (κ2) is 9.92. The predicted molar refractivity (Wildman–Crippen MR) is 106 cm³/mol. The highest BCUT2D eigenvalue weighted by atomic mass is 35.5. The molecule has 2 fully saturated rings. The molecule has 2 aliphatic rings. The molecule has 2 amide bonds. The summed E-state index contributed by atoms with van der Waals surface area (Å²) < 4.78 is 5.84. The molecule has 1 saturated heterocycles. The average molecular weight is 398 g/mol. The van der Waals surface area contributed by atoms with Crippen molar-refractivity contribution in [3.63, 3.8) is 0 Å². The van der Waals surface area contributed by atoms with Gasteiger partial charge in [-0.15, -0.1) is 12.4 Å². The molecule has 3 N–H and O–H groups in total. The van der Waals surface area contributed by atoms with E-state index in [-0.39, 0.29) is 37.0 Å². The molecule has 0 bridgehead atoms. The highest BCUT2D eigenvalue weighted by Crippen LogP contribution is 2.22. The zero-order valence-electron chi connectivity index (χ0n) is 15.4. The summed E-state index contributed by atoms with van der Waals surface area (Å²) in [5.74, 6) is -0.805. The van der Waals surface area contributed by atoms with Crippen molar-refractivity contribution >= 4 is 30.1 Å². The number of nitrogens with two attached hydrogens (primary N) is 1. The fourth-order valence-electron chi connectivity index (χ4n) is 3.60. The lowest BCUT2D eigenvalue weighted by molar-refractivity contribution is -0.136. The summed E-state index contributed by atoms with van der Waals surface area (Å²) in [6, 6.07) is 7.65. The predicted octanol–water partition coefficient (Wildman–Crippen LogP) is 2.26. The zero-order chi connectivity index (χ0) is 18.5. The number of hydrogen-bond acceptors (Lipinski definition) is 4. The Balaban J connectivity index is 0.00000261. The van der Waals surface area contributed by atoms with Crippen LogP contribution in [0.5, 0.6) is 0 Å². The van der Waals surface area contributed by atoms with E-state index in [2.05, 4.69) is 0 Å². The van der Waals surface area contributed by atoms with E-state index in [1.165, 1.54) is 0 Å². The van der Waals surface area contributed by atoms with E-state index in [0.717, 1.165) is 30.5 Å². The Morgan fingerprint density at radius 1 is 1.22 bits per heavy atom. The first-order chi connectivity index (χ1) is 12.5. The van der Waals surface area contributed by atoms with Gasteiger partial charge in [0.05, 0.1) is 12.7 Å². The number of benzene rings is 1. The summed E-state index contributed by atoms with van der Waals surface area (Å²) in [6.07, 6.45) is 3.88. The number of aliphatic carboxylic acids is 1. The maximum atomic E-state index is 12.6. The first kappa shape index (κ1) is 21.5. The van der Waals surface area contributed by atoms with Gasteiger partial charge in [0.15, 0.2) is 0 Å². The number of urea groups is 1. The summed E-state index contributed by atoms with van der Waals surface area (Å²) in [5.41, 5.74) is 7.80. The minimum absolute atomic E-state index is 0. The Hall–Kier alpha value is -1.83. The van der Waals surface area contributed by atoms with Crippen LogP contribution in [0, 0.1) is 0 Å². The summed E-state index contributed by atoms with van der Waals surface area (Å²) in [7, 11) is 0. The van der Waals surface area contributed by atoms with Crippen LogP contribution >= 0.6 is 12.4 Å². The third-order valence-corrected chi connectivity index (χ3v) is 5.17. The Bertz CT molecular complexity index is 640. The third kappa shape index (κ3) is 5.57. The van der Waals surface area contributed by atoms with E-state index in [9.17, 15) is 9.59 Å². The Morgan fingerprint density at radius 3 is 2.59 bits per heavy atom. The molecule has 0 aromatic heterocycles. The second-order valence-corrected chi connectivity index (χ2v) is 6.99. The molecule has 1 aromatic rings. The average Bonchev–Trinajstić information content (AvgIpc) is 3.20. The van der Waals surface area contributed by atoms with Gasteiger partial charge in [0.1, 0.15) is 0 Å². The van der Waals surface area contributed by atoms with Crippen molar-refractivity contribution in [3.8, 4) is 0 Å². The van der Waals surface area contributed by atoms with Gasteiger partial charge in [0.25, 0.3) is 0 Å². The lowest BCUT2D eigenvalue weighted by atomic mass is 10.1. The molecule has 2 atom stereocenters. The molecule has 0 radical (unpaired) electrons. The molecule has 150 valence electrons. The van der Waals surface area contributed by atoms with Crippen molar-refractivity contribution in [2.75, 3.05) is 31.1 Å². The first-order valence-corrected chi connectivity index (χ1v) is 9.29. The van der Waals surface area contributed by atoms with Crippen LogP contribution in [-0.4, -0.2) is 60.4 Å². The normalized spacial score (nSPS) is 22.2. The van der Waals surface area contributed by atoms with Gasteiger partial charge < -0.3 is 20.5 Å². The molecule has 1 aromatic carbocycles. The van der Waals surface area contributed by atoms with Crippen molar-refractivity contribution in [1.29, 1.82) is 0 Å². The molecule has 0 spiro atoms. The van der Waals surface area contributed by atoms with Crippen molar-refractivity contribution < 1.29 is 19.4 Å². The van der Waals surface area contributed by atoms with Crippen LogP contribution in [0.25, 0.3) is 0 Å². The SMILES string of the molecule is Cl.N[C@@H]1CCC[C@@H]1OCCN1CCN(c2ccc(CCC(=O)O)cc2)C1=O. The van der Waals surface area contributed by atoms with Crippen LogP contribution in [0.1, 0.15) is 31.2 Å². The quantitative estimate of drug-likeness (QED) is 0.701. The molecule has 7 nitrogen and oxygen atoms in total. The number of rotatable bonds is 8. The van der Waals surface area contributed by atoms with E-state index in [1.54, 1.807) is 9.80 Å². The standard InChI is InChI=1S/C19H27N3O4.ClH/c20-16-2-1-3-17(16)26-13-12-21-10-11-22(19(21)25)15-7-4-14(5-8-15)6-9-18(23)24;/h4-5,7-8,16-17H,1-3,6,9-13,20H2,(H,23,24);1H/t16-,17+;/m1./s1. The fourth-order valence-corrected chi connectivity index (χ4v) is 3.60. The third-order valence-electron chi connectivity index (χ3n) is 5.17. The van der Waals surface area contributed by atoms with Crippen molar-refractivity contribution in [1.82, 2.24) is 4.90 Å². The summed E-state index contributed by atoms with van der Waals surface area (Å²) in [5, 5.41) is 8.74. The summed E-state index contributed by atoms with van der Waals surface area (Å²) in [6.45, 7) is 2.43. The van der Waals surface area contributed by atoms with E-state index >= 15 is 0 Å². The Morgan fingerprint density at radius 2 is 1.96 bits per heavy atom. The number of carbonyl (C=O) groups excluding carboxylic acids is 1. The summed E-state index contributed by atoms with van der Waals surface area (Å²) >= 11 is 0. The zero-order valence-corrected chi connectivity index (χ0v) is 16.2. The van der Waals surface area contributed by atoms with Crippen LogP contribution in [0.3, 0.4) is 0 Å². The largest absolute Gasteiger partial charge is 0.481 e. The van der Waals surface area contributed by atoms with Crippen molar-refractivity contribution in [3.05, 3.63) is 29.8 Å². The molecule has 1 heterocycles. The van der Waals surface area contributed by atoms with Gasteiger partial charge in [0, 0.05) is 37.8 Å². The number of carbonyl (C=O) groups is 2. The van der Waals surface area contributed by atoms with E-state index < -0.39 is 5.97 Å². The highest BCUT2D eigenvalue weighted by Gasteiger charge is 2.30. The maximum absolute atomic E-state index is 12.6. The number of ether oxygens (including phenoxy) is 1. The van der Waals surface area contributed by atoms with Crippen molar-refractivity contribution in [2.24, 2.45) is 5.73 Å². The van der Waals surface area contributed by atoms with E-state index in [1.807, 2.05) is 24.3 Å². The smallest absolute Gasteiger partial charge is 0.324 e. The number of nitrogens with zero attached hydrogens (tertiary/aromatic N) is 2. The number of carboxylic acid groups (broad SMARTS) is 1. The van der Waals surface area contributed by atoms with Gasteiger partial charge in [-0.25, -0.2) is 4.79 Å². The van der Waals surface area contributed by atoms with Gasteiger partial charge >= 0.3 is 12.0 Å². The van der Waals surface area contributed by atoms with Gasteiger partial charge in [-0.2, -0.15) is 0 Å². The Labute approximate surface area is 165 Å². The van der Waals surface area contributed by atoms with Crippen LogP contribution in [0.4, 0.5) is 10.5 Å². The van der Waals surface area contributed by atoms with Crippen molar-refractivity contribution in [2.45, 2.75) is 44.2 Å². The number of aryl methyl sites for hydroxylation is 1. The number of halogens is 1. The number of anilines is 1. The molecular weight excluding hydrogens is 370 g/mol. The van der Waals surface area contributed by atoms with Gasteiger partial charge in [-0.05, 0) is 43.4 Å². The number of carboxylic acids is 1. The lowest BCUT2D eigenvalue weighted by Crippen LogP contribution is -2.36.